The summed E-state index contributed by atoms with van der Waals surface area (Å²) >= 11 is 8.77. The summed E-state index contributed by atoms with van der Waals surface area (Å²) in [4.78, 5) is 12.4. The number of amides is 1. The van der Waals surface area contributed by atoms with Gasteiger partial charge in [0.05, 0.1) is 21.3 Å². The van der Waals surface area contributed by atoms with Gasteiger partial charge in [-0.25, -0.2) is 9.18 Å². The highest BCUT2D eigenvalue weighted by Gasteiger charge is 2.56. The zero-order valence-electron chi connectivity index (χ0n) is 20.3. The first-order chi connectivity index (χ1) is 15.4. The number of ether oxygens (including phenoxy) is 1. The average Bonchev–Trinajstić information content (AvgIpc) is 3.05. The van der Waals surface area contributed by atoms with Gasteiger partial charge in [0.2, 0.25) is 0 Å². The summed E-state index contributed by atoms with van der Waals surface area (Å²) in [6.07, 6.45) is 2.43. The van der Waals surface area contributed by atoms with Crippen molar-refractivity contribution in [2.45, 2.75) is 97.0 Å². The molecule has 8 heteroatoms. The van der Waals surface area contributed by atoms with Crippen molar-refractivity contribution in [2.24, 2.45) is 0 Å². The van der Waals surface area contributed by atoms with E-state index in [2.05, 4.69) is 41.8 Å². The normalized spacial score (nSPS) is 22.7. The number of nitrogens with one attached hydrogen (secondary N) is 1. The maximum atomic E-state index is 15.1. The van der Waals surface area contributed by atoms with E-state index in [-0.39, 0.29) is 6.54 Å². The Labute approximate surface area is 214 Å². The predicted octanol–water partition coefficient (Wildman–Crippen LogP) is 7.41. The largest absolute Gasteiger partial charge is 0.444 e. The number of benzene rings is 1. The Morgan fingerprint density at radius 2 is 1.94 bits per heavy atom. The first-order valence-electron chi connectivity index (χ1n) is 11.6. The molecule has 0 unspecified atom stereocenters. The Kier molecular flexibility index (Phi) is 7.73. The lowest BCUT2D eigenvalue weighted by atomic mass is 9.63. The van der Waals surface area contributed by atoms with Gasteiger partial charge >= 0.3 is 6.09 Å². The summed E-state index contributed by atoms with van der Waals surface area (Å²) < 4.78 is 23.3. The zero-order chi connectivity index (χ0) is 24.6. The molecule has 0 atom stereocenters. The molecular formula is C25H34ClFIN3O2. The van der Waals surface area contributed by atoms with Crippen molar-refractivity contribution in [3.8, 4) is 11.3 Å². The van der Waals surface area contributed by atoms with Crippen molar-refractivity contribution in [3.05, 3.63) is 38.0 Å². The minimum atomic E-state index is -1.17. The molecule has 0 spiro atoms. The number of nitrogens with zero attached hydrogens (tertiary/aromatic N) is 2. The van der Waals surface area contributed by atoms with E-state index in [1.54, 1.807) is 0 Å². The molecule has 1 amide bonds. The SMILES string of the molecule is CCc1ccc(-c2nn(C3(CC)CC(F)(CC)C3)c(CNC(=O)OC(C)(C)C)c2I)cc1Cl. The van der Waals surface area contributed by atoms with E-state index in [4.69, 9.17) is 21.4 Å². The van der Waals surface area contributed by atoms with Crippen LogP contribution in [0.15, 0.2) is 18.2 Å². The Morgan fingerprint density at radius 1 is 1.27 bits per heavy atom. The van der Waals surface area contributed by atoms with Crippen LogP contribution in [0.5, 0.6) is 0 Å². The van der Waals surface area contributed by atoms with E-state index >= 15 is 4.39 Å². The molecule has 182 valence electrons. The maximum absolute atomic E-state index is 15.1. The number of carbonyl (C=O) groups is 1. The molecule has 0 bridgehead atoms. The van der Waals surface area contributed by atoms with Crippen LogP contribution in [0.3, 0.4) is 0 Å². The van der Waals surface area contributed by atoms with Crippen LogP contribution in [-0.2, 0) is 23.2 Å². The summed E-state index contributed by atoms with van der Waals surface area (Å²) in [6.45, 7) is 11.8. The molecule has 33 heavy (non-hydrogen) atoms. The molecule has 5 nitrogen and oxygen atoms in total. The molecule has 1 aliphatic carbocycles. The summed E-state index contributed by atoms with van der Waals surface area (Å²) in [5.74, 6) is 0. The molecule has 1 fully saturated rings. The lowest BCUT2D eigenvalue weighted by Crippen LogP contribution is -2.56. The molecule has 0 radical (unpaired) electrons. The molecular weight excluding hydrogens is 556 g/mol. The van der Waals surface area contributed by atoms with Gasteiger partial charge in [-0.05, 0) is 74.3 Å². The van der Waals surface area contributed by atoms with E-state index in [0.717, 1.165) is 38.9 Å². The van der Waals surface area contributed by atoms with Gasteiger partial charge in [0.1, 0.15) is 17.0 Å². The Morgan fingerprint density at radius 3 is 2.45 bits per heavy atom. The van der Waals surface area contributed by atoms with Crippen LogP contribution < -0.4 is 5.32 Å². The fourth-order valence-corrected chi connectivity index (χ4v) is 5.69. The van der Waals surface area contributed by atoms with Gasteiger partial charge in [-0.3, -0.25) is 4.68 Å². The zero-order valence-corrected chi connectivity index (χ0v) is 23.2. The third kappa shape index (κ3) is 5.50. The number of carbonyl (C=O) groups excluding carboxylic acids is 1. The number of halogens is 3. The molecule has 1 aromatic heterocycles. The third-order valence-corrected chi connectivity index (χ3v) is 7.94. The topological polar surface area (TPSA) is 56.2 Å². The molecule has 2 aromatic rings. The van der Waals surface area contributed by atoms with Gasteiger partial charge in [-0.2, -0.15) is 5.10 Å². The van der Waals surface area contributed by atoms with Crippen LogP contribution >= 0.6 is 34.2 Å². The van der Waals surface area contributed by atoms with Gasteiger partial charge in [-0.15, -0.1) is 0 Å². The number of alkyl halides is 1. The van der Waals surface area contributed by atoms with E-state index in [1.807, 2.05) is 50.6 Å². The van der Waals surface area contributed by atoms with Gasteiger partial charge in [-0.1, -0.05) is 44.5 Å². The van der Waals surface area contributed by atoms with E-state index in [0.29, 0.717) is 24.3 Å². The predicted molar refractivity (Wildman–Crippen MR) is 139 cm³/mol. The first kappa shape index (κ1) is 26.3. The third-order valence-electron chi connectivity index (χ3n) is 6.46. The molecule has 1 saturated carbocycles. The minimum Gasteiger partial charge on any atom is -0.444 e. The fraction of sp³-hybridized carbons (Fsp3) is 0.600. The van der Waals surface area contributed by atoms with Crippen molar-refractivity contribution < 1.29 is 13.9 Å². The average molecular weight is 590 g/mol. The van der Waals surface area contributed by atoms with E-state index in [1.165, 1.54) is 0 Å². The smallest absolute Gasteiger partial charge is 0.407 e. The van der Waals surface area contributed by atoms with Gasteiger partial charge in [0.25, 0.3) is 0 Å². The van der Waals surface area contributed by atoms with Crippen LogP contribution in [0.4, 0.5) is 9.18 Å². The minimum absolute atomic E-state index is 0.244. The van der Waals surface area contributed by atoms with E-state index in [9.17, 15) is 4.79 Å². The molecule has 1 heterocycles. The van der Waals surface area contributed by atoms with Crippen molar-refractivity contribution in [2.75, 3.05) is 0 Å². The van der Waals surface area contributed by atoms with Crippen molar-refractivity contribution in [1.82, 2.24) is 15.1 Å². The second-order valence-corrected chi connectivity index (χ2v) is 11.5. The monoisotopic (exact) mass is 589 g/mol. The Balaban J connectivity index is 2.02. The Hall–Kier alpha value is -1.35. The number of aromatic nitrogens is 2. The van der Waals surface area contributed by atoms with Crippen LogP contribution in [0.1, 0.15) is 78.5 Å². The second-order valence-electron chi connectivity index (χ2n) is 9.97. The fourth-order valence-electron chi connectivity index (χ4n) is 4.54. The maximum Gasteiger partial charge on any atom is 0.407 e. The van der Waals surface area contributed by atoms with Gasteiger partial charge in [0.15, 0.2) is 0 Å². The summed E-state index contributed by atoms with van der Waals surface area (Å²) in [5, 5.41) is 8.55. The van der Waals surface area contributed by atoms with Gasteiger partial charge in [0, 0.05) is 23.4 Å². The molecule has 0 aliphatic heterocycles. The van der Waals surface area contributed by atoms with Crippen molar-refractivity contribution >= 4 is 40.3 Å². The standard InChI is InChI=1S/C25H34ClFIN3O2/c1-7-16-10-11-17(12-18(16)26)21-20(28)19(13-29-22(32)33-23(4,5)6)31(30-21)25(9-3)14-24(27,8-2)15-25/h10-12H,7-9,13-15H2,1-6H3,(H,29,32). The number of hydrogen-bond donors (Lipinski definition) is 1. The molecule has 1 N–H and O–H groups in total. The number of aryl methyl sites for hydroxylation is 1. The van der Waals surface area contributed by atoms with Crippen molar-refractivity contribution in [1.29, 1.82) is 0 Å². The second kappa shape index (κ2) is 9.72. The van der Waals surface area contributed by atoms with Gasteiger partial charge < -0.3 is 10.1 Å². The van der Waals surface area contributed by atoms with Crippen LogP contribution in [0, 0.1) is 3.57 Å². The highest BCUT2D eigenvalue weighted by Crippen LogP contribution is 2.54. The van der Waals surface area contributed by atoms with Crippen molar-refractivity contribution in [3.63, 3.8) is 0 Å². The summed E-state index contributed by atoms with van der Waals surface area (Å²) in [6, 6.07) is 5.98. The summed E-state index contributed by atoms with van der Waals surface area (Å²) in [5.41, 5.74) is 1.46. The Bertz CT molecular complexity index is 1030. The summed E-state index contributed by atoms with van der Waals surface area (Å²) in [7, 11) is 0. The van der Waals surface area contributed by atoms with Crippen LogP contribution in [0.2, 0.25) is 5.02 Å². The molecule has 1 aromatic carbocycles. The van der Waals surface area contributed by atoms with Crippen LogP contribution in [-0.4, -0.2) is 27.1 Å². The lowest BCUT2D eigenvalue weighted by molar-refractivity contribution is -0.0702. The molecule has 0 saturated heterocycles. The highest BCUT2D eigenvalue weighted by molar-refractivity contribution is 14.1. The number of hydrogen-bond acceptors (Lipinski definition) is 3. The quantitative estimate of drug-likeness (QED) is 0.342. The number of alkyl carbamates (subject to hydrolysis) is 1. The van der Waals surface area contributed by atoms with Crippen LogP contribution in [0.25, 0.3) is 11.3 Å². The number of rotatable bonds is 7. The lowest BCUT2D eigenvalue weighted by Gasteiger charge is -2.52. The molecule has 1 aliphatic rings. The highest BCUT2D eigenvalue weighted by atomic mass is 127. The first-order valence-corrected chi connectivity index (χ1v) is 13.0. The van der Waals surface area contributed by atoms with E-state index < -0.39 is 22.9 Å². The molecule has 3 rings (SSSR count).